The molecule has 4 rings (SSSR count). The molecule has 0 saturated carbocycles. The van der Waals surface area contributed by atoms with Crippen molar-refractivity contribution in [2.45, 2.75) is 12.1 Å². The van der Waals surface area contributed by atoms with E-state index in [1.165, 1.54) is 36.0 Å². The molecule has 0 saturated heterocycles. The number of hydrogen-bond donors (Lipinski definition) is 0. The van der Waals surface area contributed by atoms with Gasteiger partial charge in [-0.15, -0.1) is 0 Å². The number of pyridine rings is 1. The van der Waals surface area contributed by atoms with Gasteiger partial charge in [0, 0.05) is 30.1 Å². The number of thioether (sulfide) groups is 1. The van der Waals surface area contributed by atoms with Gasteiger partial charge in [0.1, 0.15) is 5.65 Å². The number of nitro groups is 1. The minimum Gasteiger partial charge on any atom is -0.298 e. The first-order chi connectivity index (χ1) is 14.0. The zero-order chi connectivity index (χ0) is 20.4. The summed E-state index contributed by atoms with van der Waals surface area (Å²) in [6.07, 6.45) is 3.58. The van der Waals surface area contributed by atoms with Crippen LogP contribution in [0.25, 0.3) is 17.0 Å². The highest BCUT2D eigenvalue weighted by Crippen LogP contribution is 2.25. The zero-order valence-corrected chi connectivity index (χ0v) is 16.2. The fourth-order valence-electron chi connectivity index (χ4n) is 2.95. The Bertz CT molecular complexity index is 1220. The fraction of sp³-hybridized carbons (Fsp3) is 0.100. The molecule has 0 aliphatic heterocycles. The van der Waals surface area contributed by atoms with Crippen molar-refractivity contribution in [1.82, 2.24) is 19.4 Å². The number of non-ortho nitro benzene ring substituents is 1. The predicted octanol–water partition coefficient (Wildman–Crippen LogP) is 3.98. The summed E-state index contributed by atoms with van der Waals surface area (Å²) < 4.78 is 1.97. The number of benzene rings is 1. The van der Waals surface area contributed by atoms with Crippen LogP contribution in [0.1, 0.15) is 16.1 Å². The van der Waals surface area contributed by atoms with Crippen molar-refractivity contribution in [3.05, 3.63) is 82.3 Å². The van der Waals surface area contributed by atoms with E-state index < -0.39 is 4.92 Å². The molecule has 29 heavy (non-hydrogen) atoms. The fourth-order valence-corrected chi connectivity index (χ4v) is 3.67. The number of fused-ring (bicyclic) bond motifs is 1. The number of carbonyl (C=O) groups is 1. The largest absolute Gasteiger partial charge is 0.298 e. The van der Waals surface area contributed by atoms with Crippen molar-refractivity contribution in [1.29, 1.82) is 0 Å². The normalized spacial score (nSPS) is 10.9. The van der Waals surface area contributed by atoms with Crippen molar-refractivity contribution in [3.8, 4) is 11.4 Å². The molecule has 3 aromatic heterocycles. The third-order valence-electron chi connectivity index (χ3n) is 4.31. The second-order valence-electron chi connectivity index (χ2n) is 6.21. The SMILES string of the molecule is Cc1nc2ccccn2c1-c1ccnc(SCC(=O)c2ccc([N+](=O)[O-])cc2)n1. The molecule has 0 spiro atoms. The highest BCUT2D eigenvalue weighted by Gasteiger charge is 2.14. The average molecular weight is 405 g/mol. The average Bonchev–Trinajstić information content (AvgIpc) is 3.08. The van der Waals surface area contributed by atoms with E-state index in [1.807, 2.05) is 41.8 Å². The third-order valence-corrected chi connectivity index (χ3v) is 5.17. The Morgan fingerprint density at radius 2 is 1.93 bits per heavy atom. The number of Topliss-reactive ketones (excluding diaryl/α,β-unsaturated/α-hetero) is 1. The van der Waals surface area contributed by atoms with Crippen LogP contribution in [0, 0.1) is 17.0 Å². The lowest BCUT2D eigenvalue weighted by atomic mass is 10.1. The van der Waals surface area contributed by atoms with E-state index in [4.69, 9.17) is 0 Å². The second kappa shape index (κ2) is 7.80. The van der Waals surface area contributed by atoms with Crippen molar-refractivity contribution in [3.63, 3.8) is 0 Å². The summed E-state index contributed by atoms with van der Waals surface area (Å²) >= 11 is 1.22. The maximum Gasteiger partial charge on any atom is 0.269 e. The molecule has 1 aromatic carbocycles. The molecular formula is C20H15N5O3S. The number of imidazole rings is 1. The number of carbonyl (C=O) groups excluding carboxylic acids is 1. The first-order valence-electron chi connectivity index (χ1n) is 8.70. The van der Waals surface area contributed by atoms with Crippen molar-refractivity contribution in [2.75, 3.05) is 5.75 Å². The molecule has 8 nitrogen and oxygen atoms in total. The van der Waals surface area contributed by atoms with Gasteiger partial charge in [-0.25, -0.2) is 15.0 Å². The molecule has 0 bridgehead atoms. The lowest BCUT2D eigenvalue weighted by molar-refractivity contribution is -0.384. The van der Waals surface area contributed by atoms with Gasteiger partial charge < -0.3 is 0 Å². The van der Waals surface area contributed by atoms with E-state index in [0.717, 1.165) is 22.7 Å². The standard InChI is InChI=1S/C20H15N5O3S/c1-13-19(24-11-3-2-4-18(24)22-13)16-9-10-21-20(23-16)29-12-17(26)14-5-7-15(8-6-14)25(27)28/h2-11H,12H2,1H3. The van der Waals surface area contributed by atoms with Gasteiger partial charge >= 0.3 is 0 Å². The summed E-state index contributed by atoms with van der Waals surface area (Å²) in [6.45, 7) is 1.93. The van der Waals surface area contributed by atoms with Crippen LogP contribution in [0.3, 0.4) is 0 Å². The van der Waals surface area contributed by atoms with E-state index >= 15 is 0 Å². The van der Waals surface area contributed by atoms with Gasteiger partial charge in [0.05, 0.1) is 27.8 Å². The Labute approximate surface area is 169 Å². The van der Waals surface area contributed by atoms with E-state index in [1.54, 1.807) is 6.20 Å². The van der Waals surface area contributed by atoms with Gasteiger partial charge in [0.15, 0.2) is 10.9 Å². The van der Waals surface area contributed by atoms with Gasteiger partial charge in [-0.1, -0.05) is 17.8 Å². The van der Waals surface area contributed by atoms with Gasteiger partial charge in [-0.2, -0.15) is 0 Å². The molecule has 0 amide bonds. The Kier molecular flexibility index (Phi) is 5.05. The van der Waals surface area contributed by atoms with Crippen LogP contribution in [-0.2, 0) is 0 Å². The number of aromatic nitrogens is 4. The molecule has 0 atom stereocenters. The van der Waals surface area contributed by atoms with Crippen LogP contribution in [0.4, 0.5) is 5.69 Å². The van der Waals surface area contributed by atoms with Crippen LogP contribution in [0.5, 0.6) is 0 Å². The summed E-state index contributed by atoms with van der Waals surface area (Å²) in [6, 6.07) is 13.2. The van der Waals surface area contributed by atoms with Crippen molar-refractivity contribution >= 4 is 28.9 Å². The van der Waals surface area contributed by atoms with Crippen LogP contribution >= 0.6 is 11.8 Å². The van der Waals surface area contributed by atoms with E-state index in [-0.39, 0.29) is 17.2 Å². The Hall–Kier alpha value is -3.59. The predicted molar refractivity (Wildman–Crippen MR) is 109 cm³/mol. The summed E-state index contributed by atoms with van der Waals surface area (Å²) in [5.74, 6) is -0.0159. The Balaban J connectivity index is 1.53. The summed E-state index contributed by atoms with van der Waals surface area (Å²) in [4.78, 5) is 36.0. The monoisotopic (exact) mass is 405 g/mol. The zero-order valence-electron chi connectivity index (χ0n) is 15.3. The van der Waals surface area contributed by atoms with E-state index in [2.05, 4.69) is 15.0 Å². The highest BCUT2D eigenvalue weighted by molar-refractivity contribution is 7.99. The molecule has 0 radical (unpaired) electrons. The lowest BCUT2D eigenvalue weighted by Crippen LogP contribution is -2.03. The van der Waals surface area contributed by atoms with Gasteiger partial charge in [0.2, 0.25) is 0 Å². The van der Waals surface area contributed by atoms with Crippen LogP contribution in [0.15, 0.2) is 66.1 Å². The molecule has 0 aliphatic carbocycles. The molecule has 4 aromatic rings. The minimum absolute atomic E-state index is 0.0476. The summed E-state index contributed by atoms with van der Waals surface area (Å²) in [5.41, 5.74) is 3.66. The molecular weight excluding hydrogens is 390 g/mol. The number of nitro benzene ring substituents is 1. The number of nitrogens with zero attached hydrogens (tertiary/aromatic N) is 5. The maximum absolute atomic E-state index is 12.4. The topological polar surface area (TPSA) is 103 Å². The van der Waals surface area contributed by atoms with Crippen molar-refractivity contribution in [2.24, 2.45) is 0 Å². The van der Waals surface area contributed by atoms with E-state index in [0.29, 0.717) is 10.7 Å². The first-order valence-corrected chi connectivity index (χ1v) is 9.69. The number of rotatable bonds is 6. The van der Waals surface area contributed by atoms with Gasteiger partial charge in [-0.3, -0.25) is 19.3 Å². The number of hydrogen-bond acceptors (Lipinski definition) is 7. The lowest BCUT2D eigenvalue weighted by Gasteiger charge is -2.05. The Morgan fingerprint density at radius 1 is 1.14 bits per heavy atom. The smallest absolute Gasteiger partial charge is 0.269 e. The third kappa shape index (κ3) is 3.85. The van der Waals surface area contributed by atoms with Crippen LogP contribution in [0.2, 0.25) is 0 Å². The molecule has 0 N–H and O–H groups in total. The quantitative estimate of drug-likeness (QED) is 0.157. The minimum atomic E-state index is -0.496. The Morgan fingerprint density at radius 3 is 2.69 bits per heavy atom. The molecule has 3 heterocycles. The van der Waals surface area contributed by atoms with Crippen molar-refractivity contribution < 1.29 is 9.72 Å². The summed E-state index contributed by atoms with van der Waals surface area (Å²) in [7, 11) is 0. The van der Waals surface area contributed by atoms with Gasteiger partial charge in [0.25, 0.3) is 5.69 Å². The molecule has 0 fully saturated rings. The molecule has 144 valence electrons. The number of aryl methyl sites for hydroxylation is 1. The van der Waals surface area contributed by atoms with E-state index in [9.17, 15) is 14.9 Å². The highest BCUT2D eigenvalue weighted by atomic mass is 32.2. The maximum atomic E-state index is 12.4. The number of ketones is 1. The first kappa shape index (κ1) is 18.8. The summed E-state index contributed by atoms with van der Waals surface area (Å²) in [5, 5.41) is 11.2. The molecule has 9 heteroatoms. The van der Waals surface area contributed by atoms with Gasteiger partial charge in [-0.05, 0) is 37.3 Å². The van der Waals surface area contributed by atoms with Crippen LogP contribution in [-0.4, -0.2) is 35.8 Å². The molecule has 0 unspecified atom stereocenters. The second-order valence-corrected chi connectivity index (χ2v) is 7.16. The molecule has 0 aliphatic rings. The van der Waals surface area contributed by atoms with Crippen LogP contribution < -0.4 is 0 Å².